The van der Waals surface area contributed by atoms with Gasteiger partial charge in [-0.05, 0) is 107 Å². The highest BCUT2D eigenvalue weighted by Gasteiger charge is 2.52. The summed E-state index contributed by atoms with van der Waals surface area (Å²) in [5, 5.41) is 58.9. The van der Waals surface area contributed by atoms with Crippen LogP contribution < -0.4 is 5.73 Å². The van der Waals surface area contributed by atoms with Gasteiger partial charge in [-0.25, -0.2) is 0 Å². The molecule has 15 nitrogen and oxygen atoms in total. The molecule has 3 saturated heterocycles. The van der Waals surface area contributed by atoms with E-state index in [0.717, 1.165) is 0 Å². The Morgan fingerprint density at radius 2 is 1.60 bits per heavy atom. The van der Waals surface area contributed by atoms with Crippen molar-refractivity contribution >= 4 is 5.97 Å². The molecule has 324 valence electrons. The number of carbonyl (C=O) groups is 1. The third kappa shape index (κ3) is 11.4. The first-order valence-corrected chi connectivity index (χ1v) is 20.4. The molecule has 3 heterocycles. The van der Waals surface area contributed by atoms with Gasteiger partial charge in [-0.15, -0.1) is 0 Å². The Kier molecular flexibility index (Phi) is 17.4. The molecule has 3 aliphatic rings. The number of hydrogen-bond donors (Lipinski definition) is 6. The average Bonchev–Trinajstić information content (AvgIpc) is 3.11. The van der Waals surface area contributed by atoms with E-state index < -0.39 is 96.0 Å². The summed E-state index contributed by atoms with van der Waals surface area (Å²) in [6.07, 6.45) is -7.77. The van der Waals surface area contributed by atoms with Crippen LogP contribution in [0.2, 0.25) is 0 Å². The first kappa shape index (κ1) is 48.3. The zero-order chi connectivity index (χ0) is 41.8. The maximum absolute atomic E-state index is 14.3. The highest BCUT2D eigenvalue weighted by atomic mass is 16.7. The lowest BCUT2D eigenvalue weighted by atomic mass is 9.77. The van der Waals surface area contributed by atoms with Gasteiger partial charge in [0.1, 0.15) is 30.0 Å². The average molecular weight is 792 g/mol. The number of methoxy groups -OCH3 is 1. The van der Waals surface area contributed by atoms with Gasteiger partial charge >= 0.3 is 5.97 Å². The van der Waals surface area contributed by atoms with Crippen molar-refractivity contribution in [1.29, 1.82) is 0 Å². The molecule has 0 aromatic rings. The molecule has 55 heavy (non-hydrogen) atoms. The number of cyclic esters (lactones) is 1. The maximum atomic E-state index is 14.3. The Labute approximate surface area is 330 Å². The topological polar surface area (TPSA) is 206 Å². The van der Waals surface area contributed by atoms with Crippen molar-refractivity contribution in [3.05, 3.63) is 0 Å². The molecule has 0 aromatic carbocycles. The van der Waals surface area contributed by atoms with Crippen LogP contribution in [0.15, 0.2) is 0 Å². The van der Waals surface area contributed by atoms with Crippen molar-refractivity contribution in [2.24, 2.45) is 23.5 Å². The lowest BCUT2D eigenvalue weighted by Gasteiger charge is -2.48. The normalized spacial score (nSPS) is 47.6. The van der Waals surface area contributed by atoms with Gasteiger partial charge < -0.3 is 64.6 Å². The lowest BCUT2D eigenvalue weighted by Crippen LogP contribution is -2.60. The summed E-state index contributed by atoms with van der Waals surface area (Å²) in [6.45, 7) is 19.0. The fraction of sp³-hybridized carbons (Fsp3) is 0.975. The minimum atomic E-state index is -1.83. The Balaban J connectivity index is 2.20. The predicted molar refractivity (Wildman–Crippen MR) is 207 cm³/mol. The van der Waals surface area contributed by atoms with E-state index in [-0.39, 0.29) is 37.3 Å². The van der Waals surface area contributed by atoms with Gasteiger partial charge in [-0.3, -0.25) is 9.69 Å². The quantitative estimate of drug-likeness (QED) is 0.174. The van der Waals surface area contributed by atoms with Crippen molar-refractivity contribution < 1.29 is 58.7 Å². The van der Waals surface area contributed by atoms with Crippen LogP contribution in [0.5, 0.6) is 0 Å². The summed E-state index contributed by atoms with van der Waals surface area (Å²) in [4.78, 5) is 18.3. The monoisotopic (exact) mass is 792 g/mol. The molecule has 0 radical (unpaired) electrons. The van der Waals surface area contributed by atoms with Gasteiger partial charge in [0.25, 0.3) is 0 Å². The van der Waals surface area contributed by atoms with Crippen molar-refractivity contribution in [3.8, 4) is 0 Å². The van der Waals surface area contributed by atoms with Crippen LogP contribution in [0.25, 0.3) is 0 Å². The maximum Gasteiger partial charge on any atom is 0.311 e. The van der Waals surface area contributed by atoms with Crippen LogP contribution in [0.1, 0.15) is 101 Å². The van der Waals surface area contributed by atoms with Gasteiger partial charge in [-0.1, -0.05) is 20.8 Å². The second kappa shape index (κ2) is 19.8. The van der Waals surface area contributed by atoms with E-state index in [9.17, 15) is 30.3 Å². The Hall–Kier alpha value is -1.05. The summed E-state index contributed by atoms with van der Waals surface area (Å²) in [6, 6.07) is -0.855. The summed E-state index contributed by atoms with van der Waals surface area (Å²) in [5.41, 5.74) is 1.47. The lowest BCUT2D eigenvalue weighted by molar-refractivity contribution is -0.318. The molecule has 3 rings (SSSR count). The summed E-state index contributed by atoms with van der Waals surface area (Å²) >= 11 is 0. The first-order valence-electron chi connectivity index (χ1n) is 20.4. The Morgan fingerprint density at radius 1 is 0.964 bits per heavy atom. The third-order valence-electron chi connectivity index (χ3n) is 12.7. The van der Waals surface area contributed by atoms with E-state index in [1.165, 1.54) is 14.0 Å². The van der Waals surface area contributed by atoms with Crippen LogP contribution >= 0.6 is 0 Å². The van der Waals surface area contributed by atoms with Crippen molar-refractivity contribution in [1.82, 2.24) is 9.80 Å². The fourth-order valence-electron chi connectivity index (χ4n) is 9.19. The third-order valence-corrected chi connectivity index (χ3v) is 12.7. The smallest absolute Gasteiger partial charge is 0.311 e. The van der Waals surface area contributed by atoms with Crippen molar-refractivity contribution in [3.63, 3.8) is 0 Å². The van der Waals surface area contributed by atoms with E-state index in [1.54, 1.807) is 34.6 Å². The summed E-state index contributed by atoms with van der Waals surface area (Å²) < 4.78 is 37.7. The molecule has 3 aliphatic heterocycles. The molecular formula is C40H77N3O12. The van der Waals surface area contributed by atoms with E-state index in [0.29, 0.717) is 32.5 Å². The van der Waals surface area contributed by atoms with Crippen LogP contribution in [0.3, 0.4) is 0 Å². The van der Waals surface area contributed by atoms with Crippen LogP contribution in [0, 0.1) is 17.8 Å². The highest BCUT2D eigenvalue weighted by Crippen LogP contribution is 2.40. The predicted octanol–water partition coefficient (Wildman–Crippen LogP) is 1.62. The molecule has 7 N–H and O–H groups in total. The highest BCUT2D eigenvalue weighted by molar-refractivity contribution is 5.73. The Bertz CT molecular complexity index is 1200. The number of aliphatic hydroxyl groups is 5. The van der Waals surface area contributed by atoms with Gasteiger partial charge in [0, 0.05) is 38.1 Å². The molecule has 3 fully saturated rings. The Morgan fingerprint density at radius 3 is 2.16 bits per heavy atom. The zero-order valence-corrected chi connectivity index (χ0v) is 35.9. The van der Waals surface area contributed by atoms with Crippen LogP contribution in [-0.2, 0) is 33.2 Å². The van der Waals surface area contributed by atoms with Gasteiger partial charge in [-0.2, -0.15) is 0 Å². The number of carbonyl (C=O) groups excluding carboxylic acids is 1. The molecule has 0 bridgehead atoms. The number of ether oxygens (including phenoxy) is 6. The molecule has 0 amide bonds. The number of esters is 1. The van der Waals surface area contributed by atoms with E-state index in [1.807, 2.05) is 46.7 Å². The largest absolute Gasteiger partial charge is 0.459 e. The summed E-state index contributed by atoms with van der Waals surface area (Å²) in [5.74, 6) is -2.66. The number of hydrogen-bond acceptors (Lipinski definition) is 15. The molecule has 15 heteroatoms. The zero-order valence-electron chi connectivity index (χ0n) is 35.9. The summed E-state index contributed by atoms with van der Waals surface area (Å²) in [7, 11) is 5.28. The molecule has 0 saturated carbocycles. The molecule has 0 aliphatic carbocycles. The molecule has 0 aromatic heterocycles. The van der Waals surface area contributed by atoms with Gasteiger partial charge in [0.15, 0.2) is 12.6 Å². The van der Waals surface area contributed by atoms with Crippen molar-refractivity contribution in [2.45, 2.75) is 192 Å². The number of likely N-dealkylation sites (N-methyl/N-ethyl adjacent to an activating group) is 1. The molecular weight excluding hydrogens is 714 g/mol. The number of nitrogens with zero attached hydrogens (tertiary/aromatic N) is 2. The molecule has 0 spiro atoms. The SMILES string of the molecule is CC[C@H]1OC(=O)[C@H](C)[C@@H](O[C@H]2C[C@@](C)(OC)[C@@H](O)[C@H](C)O2)[C@H](C)[C@@H](O[C@@H]2O[C@H](C)C[C@H](N(C)C)[C@H]2O)[C@](C)(O)C[C@@H](C)CN(CCCN)[C@H](C)C(O)[C@]1(C)O. The standard InChI is InChI=1S/C40H77N3O12/c1-14-29-40(10,49)33(45)26(6)43(17-15-16-41)21-22(2)19-38(8,48)35(55-37-31(44)28(42(11)12)18-23(3)51-37)24(4)32(25(5)36(47)53-29)54-30-20-39(9,50-13)34(46)27(7)52-30/h22-35,37,44-46,48-49H,14-21,41H2,1-13H3/t22-,23-,24+,25-,26-,27+,28+,29-,30+,31-,32+,33?,34+,35-,37+,38-,39-,40-/m1/s1. The van der Waals surface area contributed by atoms with Crippen LogP contribution in [-0.4, -0.2) is 172 Å². The second-order valence-electron chi connectivity index (χ2n) is 17.9. The van der Waals surface area contributed by atoms with Gasteiger partial charge in [0.05, 0.1) is 41.5 Å². The molecule has 1 unspecified atom stereocenters. The van der Waals surface area contributed by atoms with Crippen molar-refractivity contribution in [2.75, 3.05) is 40.8 Å². The second-order valence-corrected chi connectivity index (χ2v) is 17.9. The fourth-order valence-corrected chi connectivity index (χ4v) is 9.19. The number of aliphatic hydroxyl groups excluding tert-OH is 3. The minimum Gasteiger partial charge on any atom is -0.459 e. The van der Waals surface area contributed by atoms with Gasteiger partial charge in [0.2, 0.25) is 0 Å². The first-order chi connectivity index (χ1) is 25.4. The van der Waals surface area contributed by atoms with E-state index in [4.69, 9.17) is 34.2 Å². The van der Waals surface area contributed by atoms with E-state index in [2.05, 4.69) is 4.90 Å². The minimum absolute atomic E-state index is 0.125. The number of rotatable bonds is 10. The van der Waals surface area contributed by atoms with E-state index >= 15 is 0 Å². The molecule has 18 atom stereocenters. The van der Waals surface area contributed by atoms with Crippen LogP contribution in [0.4, 0.5) is 0 Å². The number of nitrogens with two attached hydrogens (primary N) is 1.